The molecule has 2 heterocycles. The van der Waals surface area contributed by atoms with E-state index in [9.17, 15) is 9.59 Å². The molecule has 0 bridgehead atoms. The number of benzene rings is 1. The van der Waals surface area contributed by atoms with Gasteiger partial charge in [0.2, 0.25) is 23.5 Å². The molecule has 1 aliphatic rings. The molecule has 7 nitrogen and oxygen atoms in total. The molecule has 8 heteroatoms. The van der Waals surface area contributed by atoms with E-state index in [0.717, 1.165) is 44.1 Å². The first kappa shape index (κ1) is 26.9. The van der Waals surface area contributed by atoms with Crippen molar-refractivity contribution in [2.75, 3.05) is 19.6 Å². The number of amides is 2. The van der Waals surface area contributed by atoms with Crippen molar-refractivity contribution in [3.63, 3.8) is 0 Å². The van der Waals surface area contributed by atoms with Gasteiger partial charge >= 0.3 is 0 Å². The molecule has 0 aliphatic carbocycles. The minimum absolute atomic E-state index is 0.00309. The average Bonchev–Trinajstić information content (AvgIpc) is 3.36. The molecule has 0 radical (unpaired) electrons. The molecule has 3 rings (SSSR count). The van der Waals surface area contributed by atoms with Gasteiger partial charge in [0.25, 0.3) is 0 Å². The lowest BCUT2D eigenvalue weighted by Gasteiger charge is -2.35. The Hall–Kier alpha value is -2.67. The Morgan fingerprint density at radius 1 is 1.23 bits per heavy atom. The van der Waals surface area contributed by atoms with Gasteiger partial charge in [0, 0.05) is 30.1 Å². The number of hydrogen-bond donors (Lipinski definition) is 0. The summed E-state index contributed by atoms with van der Waals surface area (Å²) in [5.41, 5.74) is 0.763. The molecule has 1 saturated heterocycles. The van der Waals surface area contributed by atoms with E-state index in [4.69, 9.17) is 16.1 Å². The molecule has 2 amide bonds. The van der Waals surface area contributed by atoms with Crippen LogP contribution in [0.3, 0.4) is 0 Å². The van der Waals surface area contributed by atoms with Crippen LogP contribution in [0.5, 0.6) is 0 Å². The molecule has 0 saturated carbocycles. The van der Waals surface area contributed by atoms with Gasteiger partial charge in [0.15, 0.2) is 0 Å². The number of carbonyl (C=O) groups excluding carboxylic acids is 2. The van der Waals surface area contributed by atoms with Gasteiger partial charge < -0.3 is 14.3 Å². The number of nitrogens with zero attached hydrogens (tertiary/aromatic N) is 4. The van der Waals surface area contributed by atoms with Gasteiger partial charge in [-0.05, 0) is 37.8 Å². The van der Waals surface area contributed by atoms with E-state index in [1.807, 2.05) is 12.1 Å². The number of piperidine rings is 1. The monoisotopic (exact) mass is 500 g/mol. The smallest absolute Gasteiger partial charge is 0.249 e. The van der Waals surface area contributed by atoms with E-state index in [1.165, 1.54) is 19.3 Å². The highest BCUT2D eigenvalue weighted by atomic mass is 35.5. The third-order valence-electron chi connectivity index (χ3n) is 6.41. The van der Waals surface area contributed by atoms with Crippen LogP contribution in [-0.2, 0) is 9.59 Å². The van der Waals surface area contributed by atoms with Crippen molar-refractivity contribution in [2.24, 2.45) is 0 Å². The SMILES string of the molecule is C=CCN(CC(=O)N1CCCCC1c1nc(-c2cccc(Cl)c2)no1)C(=O)CCCCCCCC. The molecule has 0 spiro atoms. The summed E-state index contributed by atoms with van der Waals surface area (Å²) in [6, 6.07) is 6.97. The molecular formula is C27H37ClN4O3. The largest absolute Gasteiger partial charge is 0.337 e. The summed E-state index contributed by atoms with van der Waals surface area (Å²) in [6.07, 6.45) is 11.5. The lowest BCUT2D eigenvalue weighted by Crippen LogP contribution is -2.46. The van der Waals surface area contributed by atoms with Crippen molar-refractivity contribution in [2.45, 2.75) is 77.2 Å². The van der Waals surface area contributed by atoms with Crippen LogP contribution in [0.1, 0.15) is 83.1 Å². The van der Waals surface area contributed by atoms with Crippen molar-refractivity contribution in [3.05, 3.63) is 47.8 Å². The van der Waals surface area contributed by atoms with E-state index in [-0.39, 0.29) is 24.4 Å². The fourth-order valence-electron chi connectivity index (χ4n) is 4.48. The Labute approximate surface area is 213 Å². The van der Waals surface area contributed by atoms with Crippen molar-refractivity contribution in [1.82, 2.24) is 19.9 Å². The van der Waals surface area contributed by atoms with Crippen LogP contribution >= 0.6 is 11.6 Å². The molecule has 2 aromatic rings. The van der Waals surface area contributed by atoms with E-state index in [1.54, 1.807) is 28.0 Å². The molecular weight excluding hydrogens is 464 g/mol. The van der Waals surface area contributed by atoms with Crippen LogP contribution in [-0.4, -0.2) is 51.4 Å². The molecule has 35 heavy (non-hydrogen) atoms. The summed E-state index contributed by atoms with van der Waals surface area (Å²) in [7, 11) is 0. The Morgan fingerprint density at radius 3 is 2.80 bits per heavy atom. The quantitative estimate of drug-likeness (QED) is 0.241. The molecule has 1 aliphatic heterocycles. The average molecular weight is 501 g/mol. The summed E-state index contributed by atoms with van der Waals surface area (Å²) >= 11 is 6.10. The fourth-order valence-corrected chi connectivity index (χ4v) is 4.67. The Balaban J connectivity index is 1.62. The molecule has 1 aromatic carbocycles. The van der Waals surface area contributed by atoms with E-state index >= 15 is 0 Å². The molecule has 1 fully saturated rings. The first-order chi connectivity index (χ1) is 17.0. The third kappa shape index (κ3) is 7.92. The van der Waals surface area contributed by atoms with Gasteiger partial charge in [0.1, 0.15) is 12.6 Å². The zero-order chi connectivity index (χ0) is 25.0. The summed E-state index contributed by atoms with van der Waals surface area (Å²) in [5.74, 6) is 0.767. The third-order valence-corrected chi connectivity index (χ3v) is 6.64. The predicted octanol–water partition coefficient (Wildman–Crippen LogP) is 6.21. The topological polar surface area (TPSA) is 79.5 Å². The van der Waals surface area contributed by atoms with E-state index in [2.05, 4.69) is 23.6 Å². The molecule has 0 N–H and O–H groups in total. The maximum atomic E-state index is 13.3. The normalized spacial score (nSPS) is 15.7. The molecule has 1 aromatic heterocycles. The number of aromatic nitrogens is 2. The fraction of sp³-hybridized carbons (Fsp3) is 0.556. The van der Waals surface area contributed by atoms with Crippen LogP contribution in [0.4, 0.5) is 0 Å². The highest BCUT2D eigenvalue weighted by Crippen LogP contribution is 2.31. The lowest BCUT2D eigenvalue weighted by atomic mass is 10.0. The summed E-state index contributed by atoms with van der Waals surface area (Å²) < 4.78 is 5.58. The Kier molecular flexibility index (Phi) is 10.8. The zero-order valence-corrected chi connectivity index (χ0v) is 21.5. The van der Waals surface area contributed by atoms with Crippen molar-refractivity contribution < 1.29 is 14.1 Å². The van der Waals surface area contributed by atoms with Crippen LogP contribution in [0.2, 0.25) is 5.02 Å². The van der Waals surface area contributed by atoms with Gasteiger partial charge in [0.05, 0.1) is 0 Å². The van der Waals surface area contributed by atoms with Crippen molar-refractivity contribution in [3.8, 4) is 11.4 Å². The number of halogens is 1. The van der Waals surface area contributed by atoms with Crippen molar-refractivity contribution >= 4 is 23.4 Å². The lowest BCUT2D eigenvalue weighted by molar-refractivity contribution is -0.143. The number of carbonyl (C=O) groups is 2. The number of hydrogen-bond acceptors (Lipinski definition) is 5. The van der Waals surface area contributed by atoms with Crippen LogP contribution in [0.25, 0.3) is 11.4 Å². The van der Waals surface area contributed by atoms with Gasteiger partial charge in [-0.3, -0.25) is 9.59 Å². The highest BCUT2D eigenvalue weighted by molar-refractivity contribution is 6.30. The molecule has 190 valence electrons. The van der Waals surface area contributed by atoms with Gasteiger partial charge in [-0.1, -0.05) is 74.0 Å². The number of unbranched alkanes of at least 4 members (excludes halogenated alkanes) is 5. The molecule has 1 atom stereocenters. The second-order valence-electron chi connectivity index (χ2n) is 9.15. The standard InChI is InChI=1S/C27H37ClN4O3/c1-3-5-6-7-8-9-16-24(33)31(17-4-2)20-25(34)32-18-11-10-15-23(32)27-29-26(30-35-27)21-13-12-14-22(28)19-21/h4,12-14,19,23H,2-3,5-11,15-18,20H2,1H3. The second-order valence-corrected chi connectivity index (χ2v) is 9.58. The first-order valence-electron chi connectivity index (χ1n) is 12.8. The summed E-state index contributed by atoms with van der Waals surface area (Å²) in [4.78, 5) is 34.1. The van der Waals surface area contributed by atoms with Gasteiger partial charge in [-0.25, -0.2) is 0 Å². The minimum Gasteiger partial charge on any atom is -0.337 e. The Bertz CT molecular complexity index is 977. The maximum absolute atomic E-state index is 13.3. The number of rotatable bonds is 13. The van der Waals surface area contributed by atoms with Crippen molar-refractivity contribution in [1.29, 1.82) is 0 Å². The Morgan fingerprint density at radius 2 is 2.03 bits per heavy atom. The van der Waals surface area contributed by atoms with Crippen LogP contribution in [0.15, 0.2) is 41.4 Å². The van der Waals surface area contributed by atoms with Gasteiger partial charge in [-0.2, -0.15) is 4.98 Å². The summed E-state index contributed by atoms with van der Waals surface area (Å²) in [6.45, 7) is 6.96. The van der Waals surface area contributed by atoms with E-state index < -0.39 is 0 Å². The summed E-state index contributed by atoms with van der Waals surface area (Å²) in [5, 5.41) is 4.71. The minimum atomic E-state index is -0.295. The van der Waals surface area contributed by atoms with E-state index in [0.29, 0.717) is 36.2 Å². The van der Waals surface area contributed by atoms with Gasteiger partial charge in [-0.15, -0.1) is 6.58 Å². The van der Waals surface area contributed by atoms with Crippen LogP contribution in [0, 0.1) is 0 Å². The number of likely N-dealkylation sites (tertiary alicyclic amines) is 1. The maximum Gasteiger partial charge on any atom is 0.249 e. The predicted molar refractivity (Wildman–Crippen MR) is 138 cm³/mol. The zero-order valence-electron chi connectivity index (χ0n) is 20.8. The van der Waals surface area contributed by atoms with Crippen LogP contribution < -0.4 is 0 Å². The molecule has 1 unspecified atom stereocenters. The highest BCUT2D eigenvalue weighted by Gasteiger charge is 2.33. The second kappa shape index (κ2) is 14.0. The first-order valence-corrected chi connectivity index (χ1v) is 13.2.